The summed E-state index contributed by atoms with van der Waals surface area (Å²) in [4.78, 5) is 24.6. The molecule has 0 radical (unpaired) electrons. The summed E-state index contributed by atoms with van der Waals surface area (Å²) in [6, 6.07) is 4.85. The summed E-state index contributed by atoms with van der Waals surface area (Å²) < 4.78 is 5.51. The Hall–Kier alpha value is -2.08. The molecule has 0 bridgehead atoms. The number of hydrogen-bond acceptors (Lipinski definition) is 4. The molecule has 0 unspecified atom stereocenters. The van der Waals surface area contributed by atoms with Gasteiger partial charge >= 0.3 is 6.03 Å². The van der Waals surface area contributed by atoms with Crippen molar-refractivity contribution in [3.63, 3.8) is 0 Å². The number of hydrogen-bond donors (Lipinski definition) is 2. The normalized spacial score (nSPS) is 15.9. The van der Waals surface area contributed by atoms with Crippen molar-refractivity contribution in [3.05, 3.63) is 29.3 Å². The Balaban J connectivity index is 2.08. The third-order valence-electron chi connectivity index (χ3n) is 3.70. The number of fused-ring (bicyclic) bond motifs is 1. The molecule has 6 heteroatoms. The van der Waals surface area contributed by atoms with E-state index in [4.69, 9.17) is 10.5 Å². The molecule has 0 spiro atoms. The van der Waals surface area contributed by atoms with E-state index in [9.17, 15) is 9.59 Å². The van der Waals surface area contributed by atoms with Gasteiger partial charge in [-0.25, -0.2) is 4.79 Å². The first-order chi connectivity index (χ1) is 10.0. The van der Waals surface area contributed by atoms with E-state index < -0.39 is 12.1 Å². The second-order valence-electron chi connectivity index (χ2n) is 5.11. The van der Waals surface area contributed by atoms with Crippen LogP contribution in [0.5, 0.6) is 5.75 Å². The lowest BCUT2D eigenvalue weighted by Crippen LogP contribution is -2.49. The van der Waals surface area contributed by atoms with Crippen LogP contribution in [0.15, 0.2) is 18.2 Å². The maximum absolute atomic E-state index is 11.9. The van der Waals surface area contributed by atoms with Crippen LogP contribution in [0.4, 0.5) is 4.79 Å². The SMILES string of the molecule is CCOc1ccc2c(c1)CN([C@@H](C)C(=O)NC(N)=O)CC2. The highest BCUT2D eigenvalue weighted by molar-refractivity contribution is 5.96. The number of rotatable bonds is 4. The van der Waals surface area contributed by atoms with Crippen molar-refractivity contribution in [1.29, 1.82) is 0 Å². The molecule has 1 aromatic rings. The Morgan fingerprint density at radius 2 is 2.19 bits per heavy atom. The van der Waals surface area contributed by atoms with E-state index in [1.165, 1.54) is 5.56 Å². The summed E-state index contributed by atoms with van der Waals surface area (Å²) in [5.41, 5.74) is 7.42. The van der Waals surface area contributed by atoms with Crippen molar-refractivity contribution < 1.29 is 14.3 Å². The molecule has 1 atom stereocenters. The van der Waals surface area contributed by atoms with Crippen molar-refractivity contribution in [2.24, 2.45) is 5.73 Å². The second-order valence-corrected chi connectivity index (χ2v) is 5.11. The minimum absolute atomic E-state index is 0.369. The van der Waals surface area contributed by atoms with Gasteiger partial charge in [-0.05, 0) is 43.5 Å². The number of benzene rings is 1. The van der Waals surface area contributed by atoms with Gasteiger partial charge in [0.2, 0.25) is 5.91 Å². The molecule has 21 heavy (non-hydrogen) atoms. The van der Waals surface area contributed by atoms with Gasteiger partial charge in [0.1, 0.15) is 5.75 Å². The summed E-state index contributed by atoms with van der Waals surface area (Å²) in [7, 11) is 0. The molecule has 114 valence electrons. The molecule has 3 N–H and O–H groups in total. The van der Waals surface area contributed by atoms with E-state index in [0.717, 1.165) is 24.3 Å². The van der Waals surface area contributed by atoms with Gasteiger partial charge < -0.3 is 10.5 Å². The van der Waals surface area contributed by atoms with Crippen LogP contribution < -0.4 is 15.8 Å². The van der Waals surface area contributed by atoms with Crippen LogP contribution >= 0.6 is 0 Å². The van der Waals surface area contributed by atoms with E-state index in [0.29, 0.717) is 13.2 Å². The number of carbonyl (C=O) groups is 2. The van der Waals surface area contributed by atoms with Crippen LogP contribution in [-0.4, -0.2) is 36.0 Å². The second kappa shape index (κ2) is 6.58. The van der Waals surface area contributed by atoms with E-state index in [2.05, 4.69) is 11.4 Å². The van der Waals surface area contributed by atoms with Crippen LogP contribution in [0.25, 0.3) is 0 Å². The van der Waals surface area contributed by atoms with Crippen LogP contribution in [0.2, 0.25) is 0 Å². The smallest absolute Gasteiger partial charge is 0.318 e. The Bertz CT molecular complexity index is 545. The number of primary amides is 1. The largest absolute Gasteiger partial charge is 0.494 e. The minimum Gasteiger partial charge on any atom is -0.494 e. The number of urea groups is 1. The number of nitrogens with zero attached hydrogens (tertiary/aromatic N) is 1. The van der Waals surface area contributed by atoms with Gasteiger partial charge in [-0.1, -0.05) is 6.07 Å². The summed E-state index contributed by atoms with van der Waals surface area (Å²) in [6.45, 7) is 5.77. The molecule has 1 heterocycles. The Kier molecular flexibility index (Phi) is 4.80. The molecule has 2 rings (SSSR count). The van der Waals surface area contributed by atoms with Gasteiger partial charge in [0.05, 0.1) is 12.6 Å². The zero-order valence-corrected chi connectivity index (χ0v) is 12.4. The number of ether oxygens (including phenoxy) is 1. The van der Waals surface area contributed by atoms with Crippen LogP contribution in [-0.2, 0) is 17.8 Å². The molecule has 0 saturated carbocycles. The third kappa shape index (κ3) is 3.72. The highest BCUT2D eigenvalue weighted by Gasteiger charge is 2.26. The lowest BCUT2D eigenvalue weighted by atomic mass is 9.98. The predicted octanol–water partition coefficient (Wildman–Crippen LogP) is 1.03. The quantitative estimate of drug-likeness (QED) is 0.867. The third-order valence-corrected chi connectivity index (χ3v) is 3.70. The van der Waals surface area contributed by atoms with E-state index >= 15 is 0 Å². The van der Waals surface area contributed by atoms with Crippen molar-refractivity contribution in [1.82, 2.24) is 10.2 Å². The summed E-state index contributed by atoms with van der Waals surface area (Å²) in [5, 5.41) is 2.13. The van der Waals surface area contributed by atoms with Gasteiger partial charge in [0, 0.05) is 13.1 Å². The molecule has 3 amide bonds. The minimum atomic E-state index is -0.817. The fraction of sp³-hybridized carbons (Fsp3) is 0.467. The Morgan fingerprint density at radius 3 is 2.86 bits per heavy atom. The van der Waals surface area contributed by atoms with Crippen LogP contribution in [0.3, 0.4) is 0 Å². The lowest BCUT2D eigenvalue weighted by Gasteiger charge is -2.32. The van der Waals surface area contributed by atoms with Gasteiger partial charge in [-0.15, -0.1) is 0 Å². The van der Waals surface area contributed by atoms with Crippen LogP contribution in [0.1, 0.15) is 25.0 Å². The van der Waals surface area contributed by atoms with Crippen molar-refractivity contribution in [2.75, 3.05) is 13.2 Å². The Morgan fingerprint density at radius 1 is 1.43 bits per heavy atom. The lowest BCUT2D eigenvalue weighted by molar-refractivity contribution is -0.125. The zero-order chi connectivity index (χ0) is 15.4. The number of carbonyl (C=O) groups excluding carboxylic acids is 2. The maximum atomic E-state index is 11.9. The molecule has 1 aliphatic heterocycles. The molecule has 0 fully saturated rings. The summed E-state index contributed by atoms with van der Waals surface area (Å²) >= 11 is 0. The van der Waals surface area contributed by atoms with Crippen molar-refractivity contribution >= 4 is 11.9 Å². The molecular formula is C15H21N3O3. The topological polar surface area (TPSA) is 84.7 Å². The number of nitrogens with two attached hydrogens (primary N) is 1. The fourth-order valence-electron chi connectivity index (χ4n) is 2.53. The average molecular weight is 291 g/mol. The van der Waals surface area contributed by atoms with Crippen LogP contribution in [0, 0.1) is 0 Å². The Labute approximate surface area is 124 Å². The summed E-state index contributed by atoms with van der Waals surface area (Å²) in [5.74, 6) is 0.472. The molecule has 1 aliphatic rings. The number of nitrogens with one attached hydrogen (secondary N) is 1. The maximum Gasteiger partial charge on any atom is 0.318 e. The van der Waals surface area contributed by atoms with Gasteiger partial charge in [-0.3, -0.25) is 15.0 Å². The van der Waals surface area contributed by atoms with E-state index in [-0.39, 0.29) is 5.91 Å². The molecular weight excluding hydrogens is 270 g/mol. The van der Waals surface area contributed by atoms with Gasteiger partial charge in [0.15, 0.2) is 0 Å². The first-order valence-electron chi connectivity index (χ1n) is 7.10. The van der Waals surface area contributed by atoms with E-state index in [1.54, 1.807) is 6.92 Å². The van der Waals surface area contributed by atoms with Crippen molar-refractivity contribution in [3.8, 4) is 5.75 Å². The first kappa shape index (κ1) is 15.3. The summed E-state index contributed by atoms with van der Waals surface area (Å²) in [6.07, 6.45) is 0.871. The molecule has 1 aromatic carbocycles. The van der Waals surface area contributed by atoms with E-state index in [1.807, 2.05) is 24.0 Å². The van der Waals surface area contributed by atoms with Gasteiger partial charge in [-0.2, -0.15) is 0 Å². The number of imide groups is 1. The molecule has 0 saturated heterocycles. The highest BCUT2D eigenvalue weighted by atomic mass is 16.5. The number of amides is 3. The predicted molar refractivity (Wildman–Crippen MR) is 78.9 cm³/mol. The molecule has 0 aliphatic carbocycles. The van der Waals surface area contributed by atoms with Crippen molar-refractivity contribution in [2.45, 2.75) is 32.9 Å². The standard InChI is InChI=1S/C15H21N3O3/c1-3-21-13-5-4-11-6-7-18(9-12(11)8-13)10(2)14(19)17-15(16)20/h4-5,8,10H,3,6-7,9H2,1-2H3,(H3,16,17,19,20)/t10-/m0/s1. The highest BCUT2D eigenvalue weighted by Crippen LogP contribution is 2.25. The fourth-order valence-corrected chi connectivity index (χ4v) is 2.53. The zero-order valence-electron chi connectivity index (χ0n) is 12.4. The molecule has 6 nitrogen and oxygen atoms in total. The average Bonchev–Trinajstić information content (AvgIpc) is 2.45. The monoisotopic (exact) mass is 291 g/mol. The molecule has 0 aromatic heterocycles. The van der Waals surface area contributed by atoms with Gasteiger partial charge in [0.25, 0.3) is 0 Å². The first-order valence-corrected chi connectivity index (χ1v) is 7.10.